The SMILES string of the molecule is COC(OC)C(C)NCc1ccc(C#N)o1. The van der Waals surface area contributed by atoms with E-state index in [9.17, 15) is 0 Å². The van der Waals surface area contributed by atoms with Crippen LogP contribution in [0.3, 0.4) is 0 Å². The normalized spacial score (nSPS) is 12.7. The van der Waals surface area contributed by atoms with Crippen LogP contribution in [-0.4, -0.2) is 26.6 Å². The van der Waals surface area contributed by atoms with Gasteiger partial charge < -0.3 is 19.2 Å². The van der Waals surface area contributed by atoms with Crippen molar-refractivity contribution in [3.05, 3.63) is 23.7 Å². The van der Waals surface area contributed by atoms with Crippen LogP contribution in [0.4, 0.5) is 0 Å². The highest BCUT2D eigenvalue weighted by Gasteiger charge is 2.15. The van der Waals surface area contributed by atoms with Crippen molar-refractivity contribution in [3.8, 4) is 6.07 Å². The van der Waals surface area contributed by atoms with Crippen molar-refractivity contribution in [3.63, 3.8) is 0 Å². The fourth-order valence-electron chi connectivity index (χ4n) is 1.40. The summed E-state index contributed by atoms with van der Waals surface area (Å²) in [6.07, 6.45) is -0.301. The van der Waals surface area contributed by atoms with Crippen molar-refractivity contribution in [2.24, 2.45) is 0 Å². The molecule has 16 heavy (non-hydrogen) atoms. The van der Waals surface area contributed by atoms with Crippen LogP contribution < -0.4 is 5.32 Å². The molecule has 0 bridgehead atoms. The van der Waals surface area contributed by atoms with Crippen molar-refractivity contribution in [1.82, 2.24) is 5.32 Å². The van der Waals surface area contributed by atoms with E-state index in [-0.39, 0.29) is 12.3 Å². The number of ether oxygens (including phenoxy) is 2. The lowest BCUT2D eigenvalue weighted by Gasteiger charge is -2.21. The van der Waals surface area contributed by atoms with Crippen molar-refractivity contribution in [2.45, 2.75) is 25.8 Å². The van der Waals surface area contributed by atoms with Crippen molar-refractivity contribution >= 4 is 0 Å². The number of hydrogen-bond donors (Lipinski definition) is 1. The van der Waals surface area contributed by atoms with E-state index < -0.39 is 0 Å². The second-order valence-electron chi connectivity index (χ2n) is 3.39. The molecular weight excluding hydrogens is 208 g/mol. The molecule has 1 heterocycles. The molecule has 0 aliphatic carbocycles. The lowest BCUT2D eigenvalue weighted by atomic mass is 10.3. The van der Waals surface area contributed by atoms with Gasteiger partial charge in [0.25, 0.3) is 0 Å². The number of nitrogens with zero attached hydrogens (tertiary/aromatic N) is 1. The van der Waals surface area contributed by atoms with Gasteiger partial charge in [-0.2, -0.15) is 5.26 Å². The Morgan fingerprint density at radius 1 is 1.44 bits per heavy atom. The van der Waals surface area contributed by atoms with Crippen LogP contribution in [0.5, 0.6) is 0 Å². The zero-order valence-corrected chi connectivity index (χ0v) is 9.69. The molecule has 88 valence electrons. The fraction of sp³-hybridized carbons (Fsp3) is 0.545. The first-order valence-electron chi connectivity index (χ1n) is 4.99. The third-order valence-electron chi connectivity index (χ3n) is 2.24. The highest BCUT2D eigenvalue weighted by molar-refractivity contribution is 5.18. The maximum absolute atomic E-state index is 8.59. The largest absolute Gasteiger partial charge is 0.449 e. The first kappa shape index (κ1) is 12.7. The van der Waals surface area contributed by atoms with E-state index >= 15 is 0 Å². The lowest BCUT2D eigenvalue weighted by Crippen LogP contribution is -2.39. The predicted molar refractivity (Wildman–Crippen MR) is 57.5 cm³/mol. The Labute approximate surface area is 94.9 Å². The number of furan rings is 1. The molecule has 0 radical (unpaired) electrons. The van der Waals surface area contributed by atoms with Gasteiger partial charge in [0.05, 0.1) is 12.6 Å². The van der Waals surface area contributed by atoms with Gasteiger partial charge in [0.1, 0.15) is 11.8 Å². The summed E-state index contributed by atoms with van der Waals surface area (Å²) in [6, 6.07) is 5.38. The van der Waals surface area contributed by atoms with Gasteiger partial charge >= 0.3 is 0 Å². The minimum absolute atomic E-state index is 0.0330. The van der Waals surface area contributed by atoms with Crippen LogP contribution >= 0.6 is 0 Å². The summed E-state index contributed by atoms with van der Waals surface area (Å²) < 4.78 is 15.4. The quantitative estimate of drug-likeness (QED) is 0.736. The topological polar surface area (TPSA) is 67.4 Å². The molecule has 0 spiro atoms. The van der Waals surface area contributed by atoms with Crippen molar-refractivity contribution in [2.75, 3.05) is 14.2 Å². The molecule has 0 aliphatic heterocycles. The fourth-order valence-corrected chi connectivity index (χ4v) is 1.40. The molecule has 1 rings (SSSR count). The maximum atomic E-state index is 8.59. The van der Waals surface area contributed by atoms with E-state index in [0.29, 0.717) is 18.1 Å². The molecule has 1 aromatic rings. The number of methoxy groups -OCH3 is 2. The Hall–Kier alpha value is -1.35. The van der Waals surface area contributed by atoms with E-state index in [1.807, 2.05) is 13.0 Å². The van der Waals surface area contributed by atoms with E-state index in [1.165, 1.54) is 0 Å². The van der Waals surface area contributed by atoms with Crippen LogP contribution in [0.1, 0.15) is 18.4 Å². The van der Waals surface area contributed by atoms with Crippen LogP contribution in [0.15, 0.2) is 16.5 Å². The van der Waals surface area contributed by atoms with Crippen LogP contribution in [0.25, 0.3) is 0 Å². The maximum Gasteiger partial charge on any atom is 0.203 e. The Morgan fingerprint density at radius 3 is 2.62 bits per heavy atom. The van der Waals surface area contributed by atoms with Gasteiger partial charge in [0.2, 0.25) is 5.76 Å². The molecule has 1 N–H and O–H groups in total. The minimum Gasteiger partial charge on any atom is -0.449 e. The number of rotatable bonds is 6. The molecule has 0 aliphatic rings. The van der Waals surface area contributed by atoms with E-state index in [4.69, 9.17) is 19.2 Å². The molecule has 1 aromatic heterocycles. The molecule has 0 aromatic carbocycles. The smallest absolute Gasteiger partial charge is 0.203 e. The average molecular weight is 224 g/mol. The predicted octanol–water partition coefficient (Wildman–Crippen LogP) is 1.25. The highest BCUT2D eigenvalue weighted by atomic mass is 16.7. The van der Waals surface area contributed by atoms with E-state index in [2.05, 4.69) is 5.32 Å². The van der Waals surface area contributed by atoms with Crippen molar-refractivity contribution in [1.29, 1.82) is 5.26 Å². The van der Waals surface area contributed by atoms with Gasteiger partial charge in [-0.15, -0.1) is 0 Å². The highest BCUT2D eigenvalue weighted by Crippen LogP contribution is 2.07. The van der Waals surface area contributed by atoms with Crippen molar-refractivity contribution < 1.29 is 13.9 Å². The molecule has 0 fully saturated rings. The average Bonchev–Trinajstić information content (AvgIpc) is 2.76. The summed E-state index contributed by atoms with van der Waals surface area (Å²) in [6.45, 7) is 2.48. The second-order valence-corrected chi connectivity index (χ2v) is 3.39. The summed E-state index contributed by atoms with van der Waals surface area (Å²) in [5.41, 5.74) is 0. The third-order valence-corrected chi connectivity index (χ3v) is 2.24. The Bertz CT molecular complexity index is 352. The van der Waals surface area contributed by atoms with Gasteiger partial charge in [-0.25, -0.2) is 0 Å². The van der Waals surface area contributed by atoms with Gasteiger partial charge in [-0.3, -0.25) is 0 Å². The molecule has 0 amide bonds. The van der Waals surface area contributed by atoms with E-state index in [1.54, 1.807) is 26.4 Å². The summed E-state index contributed by atoms with van der Waals surface area (Å²) >= 11 is 0. The molecule has 1 unspecified atom stereocenters. The second kappa shape index (κ2) is 6.28. The monoisotopic (exact) mass is 224 g/mol. The zero-order chi connectivity index (χ0) is 12.0. The molecule has 0 saturated heterocycles. The Morgan fingerprint density at radius 2 is 2.12 bits per heavy atom. The summed E-state index contributed by atoms with van der Waals surface area (Å²) in [7, 11) is 3.18. The van der Waals surface area contributed by atoms with Crippen LogP contribution in [0, 0.1) is 11.3 Å². The van der Waals surface area contributed by atoms with Gasteiger partial charge in [-0.05, 0) is 19.1 Å². The number of hydrogen-bond acceptors (Lipinski definition) is 5. The molecule has 5 nitrogen and oxygen atoms in total. The molecule has 1 atom stereocenters. The Kier molecular flexibility index (Phi) is 4.99. The molecule has 5 heteroatoms. The minimum atomic E-state index is -0.301. The van der Waals surface area contributed by atoms with Gasteiger partial charge in [0, 0.05) is 14.2 Å². The molecule has 0 saturated carbocycles. The summed E-state index contributed by atoms with van der Waals surface area (Å²) in [5.74, 6) is 1.04. The van der Waals surface area contributed by atoms with Gasteiger partial charge in [-0.1, -0.05) is 0 Å². The van der Waals surface area contributed by atoms with E-state index in [0.717, 1.165) is 0 Å². The standard InChI is InChI=1S/C11H16N2O3/c1-8(11(14-2)15-3)13-7-10-5-4-9(6-12)16-10/h4-5,8,11,13H,7H2,1-3H3. The molecular formula is C11H16N2O3. The number of nitriles is 1. The summed E-state index contributed by atoms with van der Waals surface area (Å²) in [5, 5.41) is 11.8. The van der Waals surface area contributed by atoms with Gasteiger partial charge in [0.15, 0.2) is 6.29 Å². The Balaban J connectivity index is 2.42. The van der Waals surface area contributed by atoms with Crippen LogP contribution in [0.2, 0.25) is 0 Å². The summed E-state index contributed by atoms with van der Waals surface area (Å²) in [4.78, 5) is 0. The third kappa shape index (κ3) is 3.35. The van der Waals surface area contributed by atoms with Crippen LogP contribution in [-0.2, 0) is 16.0 Å². The first-order chi connectivity index (χ1) is 7.71. The number of nitrogens with one attached hydrogen (secondary N) is 1. The lowest BCUT2D eigenvalue weighted by molar-refractivity contribution is -0.119. The first-order valence-corrected chi connectivity index (χ1v) is 4.99. The zero-order valence-electron chi connectivity index (χ0n) is 9.69.